The predicted octanol–water partition coefficient (Wildman–Crippen LogP) is 4.37. The molecule has 128 valence electrons. The summed E-state index contributed by atoms with van der Waals surface area (Å²) in [5.41, 5.74) is 4.28. The molecular formula is C20H25NO2S. The van der Waals surface area contributed by atoms with Gasteiger partial charge in [0.05, 0.1) is 6.61 Å². The van der Waals surface area contributed by atoms with Crippen LogP contribution >= 0.6 is 11.8 Å². The molecule has 4 heteroatoms. The lowest BCUT2D eigenvalue weighted by molar-refractivity contribution is 0.0956. The van der Waals surface area contributed by atoms with Crippen LogP contribution in [0.15, 0.2) is 42.5 Å². The van der Waals surface area contributed by atoms with E-state index in [9.17, 15) is 4.79 Å². The summed E-state index contributed by atoms with van der Waals surface area (Å²) in [6.45, 7) is 7.31. The quantitative estimate of drug-likeness (QED) is 0.724. The van der Waals surface area contributed by atoms with Crippen LogP contribution in [0.2, 0.25) is 0 Å². The molecular weight excluding hydrogens is 318 g/mol. The Bertz CT molecular complexity index is 685. The second kappa shape index (κ2) is 9.38. The molecule has 0 spiro atoms. The molecule has 1 amide bonds. The van der Waals surface area contributed by atoms with Crippen molar-refractivity contribution in [3.8, 4) is 5.75 Å². The lowest BCUT2D eigenvalue weighted by Crippen LogP contribution is -2.25. The molecule has 2 aromatic rings. The highest BCUT2D eigenvalue weighted by atomic mass is 32.2. The highest BCUT2D eigenvalue weighted by molar-refractivity contribution is 7.98. The smallest absolute Gasteiger partial charge is 0.251 e. The van der Waals surface area contributed by atoms with Crippen LogP contribution in [0, 0.1) is 13.8 Å². The minimum absolute atomic E-state index is 0.0303. The zero-order valence-corrected chi connectivity index (χ0v) is 15.4. The number of carbonyl (C=O) groups excluding carboxylic acids is 1. The Hall–Kier alpha value is -1.94. The molecule has 0 heterocycles. The zero-order chi connectivity index (χ0) is 17.4. The van der Waals surface area contributed by atoms with Gasteiger partial charge in [0.15, 0.2) is 0 Å². The number of aryl methyl sites for hydroxylation is 2. The molecule has 0 saturated heterocycles. The van der Waals surface area contributed by atoms with Crippen molar-refractivity contribution in [1.29, 1.82) is 0 Å². The van der Waals surface area contributed by atoms with E-state index in [2.05, 4.69) is 36.5 Å². The monoisotopic (exact) mass is 343 g/mol. The fourth-order valence-electron chi connectivity index (χ4n) is 2.44. The summed E-state index contributed by atoms with van der Waals surface area (Å²) < 4.78 is 5.50. The molecule has 24 heavy (non-hydrogen) atoms. The van der Waals surface area contributed by atoms with Crippen molar-refractivity contribution in [2.45, 2.75) is 26.5 Å². The Morgan fingerprint density at radius 1 is 1.17 bits per heavy atom. The van der Waals surface area contributed by atoms with Gasteiger partial charge in [-0.25, -0.2) is 0 Å². The Balaban J connectivity index is 1.74. The van der Waals surface area contributed by atoms with E-state index in [1.54, 1.807) is 0 Å². The summed E-state index contributed by atoms with van der Waals surface area (Å²) in [5, 5.41) is 2.97. The normalized spacial score (nSPS) is 10.5. The number of hydrogen-bond acceptors (Lipinski definition) is 3. The molecule has 2 rings (SSSR count). The van der Waals surface area contributed by atoms with Gasteiger partial charge in [-0.1, -0.05) is 29.8 Å². The predicted molar refractivity (Wildman–Crippen MR) is 102 cm³/mol. The molecule has 1 N–H and O–H groups in total. The minimum atomic E-state index is -0.0303. The van der Waals surface area contributed by atoms with Crippen LogP contribution in [0.1, 0.15) is 34.0 Å². The number of ether oxygens (including phenoxy) is 1. The first-order chi connectivity index (χ1) is 11.6. The molecule has 0 atom stereocenters. The molecule has 2 aromatic carbocycles. The Morgan fingerprint density at radius 2 is 2.00 bits per heavy atom. The first-order valence-corrected chi connectivity index (χ1v) is 9.40. The third-order valence-electron chi connectivity index (χ3n) is 3.62. The number of hydrogen-bond donors (Lipinski definition) is 1. The molecule has 3 nitrogen and oxygen atoms in total. The molecule has 0 radical (unpaired) electrons. The largest absolute Gasteiger partial charge is 0.494 e. The molecule has 0 fully saturated rings. The first kappa shape index (κ1) is 18.4. The van der Waals surface area contributed by atoms with Crippen LogP contribution in [0.25, 0.3) is 0 Å². The van der Waals surface area contributed by atoms with E-state index < -0.39 is 0 Å². The van der Waals surface area contributed by atoms with E-state index in [1.807, 2.05) is 43.8 Å². The summed E-state index contributed by atoms with van der Waals surface area (Å²) in [5.74, 6) is 2.68. The van der Waals surface area contributed by atoms with Crippen molar-refractivity contribution < 1.29 is 9.53 Å². The van der Waals surface area contributed by atoms with Crippen LogP contribution < -0.4 is 10.1 Å². The molecule has 0 aliphatic carbocycles. The van der Waals surface area contributed by atoms with Crippen molar-refractivity contribution in [1.82, 2.24) is 5.32 Å². The van der Waals surface area contributed by atoms with Gasteiger partial charge in [0.25, 0.3) is 5.91 Å². The minimum Gasteiger partial charge on any atom is -0.494 e. The maximum Gasteiger partial charge on any atom is 0.251 e. The fraction of sp³-hybridized carbons (Fsp3) is 0.350. The fourth-order valence-corrected chi connectivity index (χ4v) is 3.24. The average Bonchev–Trinajstić information content (AvgIpc) is 2.56. The Labute approximate surface area is 148 Å². The summed E-state index contributed by atoms with van der Waals surface area (Å²) in [4.78, 5) is 12.2. The third kappa shape index (κ3) is 5.60. The lowest BCUT2D eigenvalue weighted by atomic mass is 10.1. The van der Waals surface area contributed by atoms with E-state index in [0.717, 1.165) is 22.8 Å². The van der Waals surface area contributed by atoms with Crippen LogP contribution in [0.5, 0.6) is 5.75 Å². The van der Waals surface area contributed by atoms with E-state index in [1.165, 1.54) is 11.1 Å². The first-order valence-electron chi connectivity index (χ1n) is 8.25. The average molecular weight is 343 g/mol. The number of thioether (sulfide) groups is 1. The molecule has 0 bridgehead atoms. The van der Waals surface area contributed by atoms with Gasteiger partial charge in [0.1, 0.15) is 5.75 Å². The third-order valence-corrected chi connectivity index (χ3v) is 4.65. The van der Waals surface area contributed by atoms with Gasteiger partial charge in [-0.3, -0.25) is 4.79 Å². The van der Waals surface area contributed by atoms with E-state index in [0.29, 0.717) is 18.7 Å². The number of benzene rings is 2. The van der Waals surface area contributed by atoms with Crippen LogP contribution in [0.3, 0.4) is 0 Å². The molecule has 0 saturated carbocycles. The van der Waals surface area contributed by atoms with E-state index >= 15 is 0 Å². The Morgan fingerprint density at radius 3 is 2.71 bits per heavy atom. The molecule has 0 unspecified atom stereocenters. The highest BCUT2D eigenvalue weighted by Crippen LogP contribution is 2.19. The highest BCUT2D eigenvalue weighted by Gasteiger charge is 2.07. The second-order valence-corrected chi connectivity index (χ2v) is 6.82. The van der Waals surface area contributed by atoms with Gasteiger partial charge in [-0.05, 0) is 50.1 Å². The summed E-state index contributed by atoms with van der Waals surface area (Å²) in [6.07, 6.45) is 0. The Kier molecular flexibility index (Phi) is 7.19. The maximum atomic E-state index is 12.2. The van der Waals surface area contributed by atoms with Crippen molar-refractivity contribution in [2.75, 3.05) is 18.9 Å². The SMILES string of the molecule is CCOc1ccc(C(=O)NCCSCc2cccc(C)c2)cc1C. The molecule has 0 aliphatic rings. The maximum absolute atomic E-state index is 12.2. The van der Waals surface area contributed by atoms with E-state index in [-0.39, 0.29) is 5.91 Å². The van der Waals surface area contributed by atoms with Gasteiger partial charge in [-0.15, -0.1) is 0 Å². The lowest BCUT2D eigenvalue weighted by Gasteiger charge is -2.09. The van der Waals surface area contributed by atoms with Gasteiger partial charge in [0.2, 0.25) is 0 Å². The van der Waals surface area contributed by atoms with E-state index in [4.69, 9.17) is 4.74 Å². The second-order valence-electron chi connectivity index (χ2n) is 5.71. The van der Waals surface area contributed by atoms with Crippen LogP contribution in [-0.4, -0.2) is 24.8 Å². The van der Waals surface area contributed by atoms with Crippen molar-refractivity contribution in [3.05, 3.63) is 64.7 Å². The topological polar surface area (TPSA) is 38.3 Å². The van der Waals surface area contributed by atoms with Crippen molar-refractivity contribution >= 4 is 17.7 Å². The van der Waals surface area contributed by atoms with Crippen molar-refractivity contribution in [2.24, 2.45) is 0 Å². The summed E-state index contributed by atoms with van der Waals surface area (Å²) in [6, 6.07) is 14.1. The van der Waals surface area contributed by atoms with Crippen LogP contribution in [0.4, 0.5) is 0 Å². The molecule has 0 aliphatic heterocycles. The standard InChI is InChI=1S/C20H25NO2S/c1-4-23-19-9-8-18(13-16(19)3)20(22)21-10-11-24-14-17-7-5-6-15(2)12-17/h5-9,12-13H,4,10-11,14H2,1-3H3,(H,21,22). The van der Waals surface area contributed by atoms with Crippen LogP contribution in [-0.2, 0) is 5.75 Å². The molecule has 0 aromatic heterocycles. The van der Waals surface area contributed by atoms with Gasteiger partial charge < -0.3 is 10.1 Å². The summed E-state index contributed by atoms with van der Waals surface area (Å²) >= 11 is 1.83. The number of nitrogens with one attached hydrogen (secondary N) is 1. The number of amides is 1. The van der Waals surface area contributed by atoms with Gasteiger partial charge in [-0.2, -0.15) is 11.8 Å². The van der Waals surface area contributed by atoms with Gasteiger partial charge in [0, 0.05) is 23.6 Å². The number of rotatable bonds is 8. The summed E-state index contributed by atoms with van der Waals surface area (Å²) in [7, 11) is 0. The van der Waals surface area contributed by atoms with Gasteiger partial charge >= 0.3 is 0 Å². The number of carbonyl (C=O) groups is 1. The van der Waals surface area contributed by atoms with Crippen molar-refractivity contribution in [3.63, 3.8) is 0 Å². The zero-order valence-electron chi connectivity index (χ0n) is 14.6.